The maximum absolute atomic E-state index is 10.6. The molecule has 0 heterocycles. The summed E-state index contributed by atoms with van der Waals surface area (Å²) in [6, 6.07) is 0. The average molecular weight is 146 g/mol. The molecule has 0 spiro atoms. The highest BCUT2D eigenvalue weighted by Gasteiger charge is 2.09. The van der Waals surface area contributed by atoms with Crippen molar-refractivity contribution in [1.82, 2.24) is 5.06 Å². The summed E-state index contributed by atoms with van der Waals surface area (Å²) >= 11 is 0. The number of carbonyl (C=O) groups excluding carboxylic acids is 1. The molecule has 0 aliphatic carbocycles. The molecule has 0 fully saturated rings. The van der Waals surface area contributed by atoms with Crippen LogP contribution in [0.2, 0.25) is 0 Å². The largest absolute Gasteiger partial charge is 0.380 e. The first-order valence-corrected chi connectivity index (χ1v) is 3.18. The van der Waals surface area contributed by atoms with Crippen LogP contribution in [0.1, 0.15) is 13.8 Å². The SMILES string of the molecule is CCON(CC)C(=O)[CH]O. The molecule has 0 aliphatic rings. The first-order valence-electron chi connectivity index (χ1n) is 3.18. The fraction of sp³-hybridized carbons (Fsp3) is 0.667. The minimum Gasteiger partial charge on any atom is -0.380 e. The van der Waals surface area contributed by atoms with Crippen molar-refractivity contribution in [2.24, 2.45) is 0 Å². The van der Waals surface area contributed by atoms with E-state index in [0.717, 1.165) is 5.06 Å². The molecule has 0 aliphatic heterocycles. The van der Waals surface area contributed by atoms with Gasteiger partial charge in [0.05, 0.1) is 6.61 Å². The van der Waals surface area contributed by atoms with E-state index in [1.807, 2.05) is 0 Å². The van der Waals surface area contributed by atoms with Gasteiger partial charge in [-0.1, -0.05) is 0 Å². The predicted octanol–water partition coefficient (Wildman–Crippen LogP) is 0.321. The molecular weight excluding hydrogens is 134 g/mol. The van der Waals surface area contributed by atoms with E-state index in [-0.39, 0.29) is 0 Å². The quantitative estimate of drug-likeness (QED) is 0.581. The van der Waals surface area contributed by atoms with Gasteiger partial charge in [0.1, 0.15) is 0 Å². The third-order valence-corrected chi connectivity index (χ3v) is 0.928. The normalized spacial score (nSPS) is 9.50. The summed E-state index contributed by atoms with van der Waals surface area (Å²) in [5, 5.41) is 9.35. The summed E-state index contributed by atoms with van der Waals surface area (Å²) in [5.41, 5.74) is 0. The lowest BCUT2D eigenvalue weighted by Gasteiger charge is -2.16. The van der Waals surface area contributed by atoms with Gasteiger partial charge in [0, 0.05) is 6.54 Å². The van der Waals surface area contributed by atoms with Gasteiger partial charge in [-0.3, -0.25) is 9.63 Å². The number of likely N-dealkylation sites (N-methyl/N-ethyl adjacent to an activating group) is 1. The Morgan fingerprint density at radius 2 is 2.30 bits per heavy atom. The molecule has 4 heteroatoms. The van der Waals surface area contributed by atoms with Crippen LogP contribution in [0.25, 0.3) is 0 Å². The Hall–Kier alpha value is -0.610. The summed E-state index contributed by atoms with van der Waals surface area (Å²) < 4.78 is 0. The van der Waals surface area contributed by atoms with Crippen LogP contribution >= 0.6 is 0 Å². The number of aliphatic hydroxyl groups excluding tert-OH is 1. The molecular formula is C6H12NO3. The maximum atomic E-state index is 10.6. The van der Waals surface area contributed by atoms with Crippen molar-refractivity contribution >= 4 is 5.91 Å². The minimum absolute atomic E-state index is 0.424. The Labute approximate surface area is 60.3 Å². The second-order valence-corrected chi connectivity index (χ2v) is 1.58. The van der Waals surface area contributed by atoms with E-state index in [1.54, 1.807) is 13.8 Å². The molecule has 0 unspecified atom stereocenters. The van der Waals surface area contributed by atoms with Crippen LogP contribution in [-0.4, -0.2) is 29.2 Å². The predicted molar refractivity (Wildman–Crippen MR) is 35.2 cm³/mol. The molecule has 1 amide bonds. The van der Waals surface area contributed by atoms with Crippen molar-refractivity contribution in [2.45, 2.75) is 13.8 Å². The zero-order chi connectivity index (χ0) is 7.98. The maximum Gasteiger partial charge on any atom is 0.278 e. The summed E-state index contributed by atoms with van der Waals surface area (Å²) in [7, 11) is 0. The molecule has 0 aromatic rings. The highest BCUT2D eigenvalue weighted by molar-refractivity contribution is 5.81. The van der Waals surface area contributed by atoms with Crippen LogP contribution in [-0.2, 0) is 9.63 Å². The second-order valence-electron chi connectivity index (χ2n) is 1.58. The minimum atomic E-state index is -0.524. The second kappa shape index (κ2) is 5.20. The number of hydrogen-bond donors (Lipinski definition) is 1. The molecule has 0 saturated heterocycles. The molecule has 0 atom stereocenters. The molecule has 0 aromatic carbocycles. The van der Waals surface area contributed by atoms with E-state index < -0.39 is 5.91 Å². The van der Waals surface area contributed by atoms with Gasteiger partial charge in [-0.05, 0) is 13.8 Å². The van der Waals surface area contributed by atoms with E-state index in [0.29, 0.717) is 19.8 Å². The molecule has 10 heavy (non-hydrogen) atoms. The summed E-state index contributed by atoms with van der Waals surface area (Å²) in [5.74, 6) is -0.524. The van der Waals surface area contributed by atoms with E-state index in [4.69, 9.17) is 9.94 Å². The number of aliphatic hydroxyl groups is 1. The monoisotopic (exact) mass is 146 g/mol. The smallest absolute Gasteiger partial charge is 0.278 e. The fourth-order valence-corrected chi connectivity index (χ4v) is 0.531. The highest BCUT2D eigenvalue weighted by Crippen LogP contribution is 1.91. The molecule has 0 aromatic heterocycles. The van der Waals surface area contributed by atoms with E-state index in [9.17, 15) is 4.79 Å². The molecule has 0 saturated carbocycles. The van der Waals surface area contributed by atoms with Gasteiger partial charge in [0.25, 0.3) is 5.91 Å². The molecule has 1 N–H and O–H groups in total. The van der Waals surface area contributed by atoms with Crippen LogP contribution in [0.15, 0.2) is 0 Å². The highest BCUT2D eigenvalue weighted by atomic mass is 16.7. The lowest BCUT2D eigenvalue weighted by atomic mass is 10.6. The number of nitrogens with zero attached hydrogens (tertiary/aromatic N) is 1. The topological polar surface area (TPSA) is 49.8 Å². The zero-order valence-electron chi connectivity index (χ0n) is 6.20. The molecule has 59 valence electrons. The van der Waals surface area contributed by atoms with Crippen LogP contribution < -0.4 is 0 Å². The lowest BCUT2D eigenvalue weighted by Crippen LogP contribution is -2.30. The Kier molecular flexibility index (Phi) is 4.88. The Morgan fingerprint density at radius 1 is 1.70 bits per heavy atom. The zero-order valence-corrected chi connectivity index (χ0v) is 6.20. The Morgan fingerprint density at radius 3 is 2.60 bits per heavy atom. The number of carbonyl (C=O) groups is 1. The average Bonchev–Trinajstić information content (AvgIpc) is 1.99. The lowest BCUT2D eigenvalue weighted by molar-refractivity contribution is -0.182. The van der Waals surface area contributed by atoms with Crippen molar-refractivity contribution in [2.75, 3.05) is 13.2 Å². The molecule has 4 nitrogen and oxygen atoms in total. The van der Waals surface area contributed by atoms with Crippen LogP contribution in [0.5, 0.6) is 0 Å². The van der Waals surface area contributed by atoms with Crippen molar-refractivity contribution in [3.63, 3.8) is 0 Å². The van der Waals surface area contributed by atoms with Crippen molar-refractivity contribution in [1.29, 1.82) is 0 Å². The number of hydrogen-bond acceptors (Lipinski definition) is 3. The van der Waals surface area contributed by atoms with Crippen LogP contribution in [0.4, 0.5) is 0 Å². The number of rotatable bonds is 4. The van der Waals surface area contributed by atoms with Gasteiger partial charge in [-0.2, -0.15) is 0 Å². The van der Waals surface area contributed by atoms with Crippen LogP contribution in [0, 0.1) is 6.61 Å². The van der Waals surface area contributed by atoms with Gasteiger partial charge < -0.3 is 5.11 Å². The van der Waals surface area contributed by atoms with Crippen molar-refractivity contribution < 1.29 is 14.7 Å². The fourth-order valence-electron chi connectivity index (χ4n) is 0.531. The number of amides is 1. The first kappa shape index (κ1) is 9.39. The van der Waals surface area contributed by atoms with E-state index in [1.165, 1.54) is 0 Å². The molecule has 1 radical (unpaired) electrons. The summed E-state index contributed by atoms with van der Waals surface area (Å²) in [6.07, 6.45) is 0. The third-order valence-electron chi connectivity index (χ3n) is 0.928. The van der Waals surface area contributed by atoms with Gasteiger partial charge in [0.2, 0.25) is 0 Å². The van der Waals surface area contributed by atoms with Crippen molar-refractivity contribution in [3.8, 4) is 0 Å². The summed E-state index contributed by atoms with van der Waals surface area (Å²) in [4.78, 5) is 15.5. The van der Waals surface area contributed by atoms with Gasteiger partial charge in [-0.15, -0.1) is 0 Å². The number of hydroxylamine groups is 2. The van der Waals surface area contributed by atoms with Crippen LogP contribution in [0.3, 0.4) is 0 Å². The van der Waals surface area contributed by atoms with Gasteiger partial charge >= 0.3 is 0 Å². The first-order chi connectivity index (χ1) is 4.76. The van der Waals surface area contributed by atoms with Crippen molar-refractivity contribution in [3.05, 3.63) is 6.61 Å². The standard InChI is InChI=1S/C6H12NO3/c1-3-7(10-4-2)6(9)5-8/h5,8H,3-4H2,1-2H3. The van der Waals surface area contributed by atoms with Gasteiger partial charge in [0.15, 0.2) is 6.61 Å². The Bertz CT molecular complexity index is 105. The molecule has 0 bridgehead atoms. The van der Waals surface area contributed by atoms with E-state index >= 15 is 0 Å². The van der Waals surface area contributed by atoms with E-state index in [2.05, 4.69) is 0 Å². The molecule has 0 rings (SSSR count). The summed E-state index contributed by atoms with van der Waals surface area (Å²) in [6.45, 7) is 4.88. The van der Waals surface area contributed by atoms with Gasteiger partial charge in [-0.25, -0.2) is 5.06 Å². The third kappa shape index (κ3) is 2.80. The Balaban J connectivity index is 3.68.